The highest BCUT2D eigenvalue weighted by Crippen LogP contribution is 2.26. The van der Waals surface area contributed by atoms with E-state index in [1.807, 2.05) is 18.2 Å². The second-order valence-corrected chi connectivity index (χ2v) is 5.50. The number of carbonyl (C=O) groups excluding carboxylic acids is 1. The molecule has 0 spiro atoms. The number of likely N-dealkylation sites (N-methyl/N-ethyl adjacent to an activating group) is 1. The molecule has 110 valence electrons. The molecule has 1 saturated heterocycles. The Balaban J connectivity index is 2.10. The van der Waals surface area contributed by atoms with Crippen LogP contribution in [0.5, 0.6) is 5.75 Å². The Labute approximate surface area is 127 Å². The molecule has 0 bridgehead atoms. The van der Waals surface area contributed by atoms with Crippen molar-refractivity contribution in [3.8, 4) is 5.75 Å². The van der Waals surface area contributed by atoms with Gasteiger partial charge >= 0.3 is 0 Å². The van der Waals surface area contributed by atoms with Gasteiger partial charge in [-0.1, -0.05) is 6.07 Å². The van der Waals surface area contributed by atoms with Crippen LogP contribution in [-0.2, 0) is 16.1 Å². The van der Waals surface area contributed by atoms with Gasteiger partial charge in [0.15, 0.2) is 0 Å². The molecule has 0 aromatic heterocycles. The third-order valence-electron chi connectivity index (χ3n) is 3.39. The minimum Gasteiger partial charge on any atom is -0.496 e. The predicted octanol–water partition coefficient (Wildman–Crippen LogP) is 1.40. The third kappa shape index (κ3) is 3.50. The first kappa shape index (κ1) is 15.3. The van der Waals surface area contributed by atoms with E-state index in [0.29, 0.717) is 19.8 Å². The Morgan fingerprint density at radius 1 is 1.60 bits per heavy atom. The van der Waals surface area contributed by atoms with Crippen molar-refractivity contribution < 1.29 is 14.3 Å². The third-order valence-corrected chi connectivity index (χ3v) is 4.01. The summed E-state index contributed by atoms with van der Waals surface area (Å²) in [7, 11) is 3.29. The number of rotatable bonds is 4. The lowest BCUT2D eigenvalue weighted by Crippen LogP contribution is -2.52. The van der Waals surface area contributed by atoms with Crippen molar-refractivity contribution >= 4 is 21.8 Å². The molecule has 1 aliphatic heterocycles. The average Bonchev–Trinajstić information content (AvgIpc) is 2.47. The van der Waals surface area contributed by atoms with E-state index in [9.17, 15) is 4.79 Å². The summed E-state index contributed by atoms with van der Waals surface area (Å²) in [5.41, 5.74) is 1.13. The predicted molar refractivity (Wildman–Crippen MR) is 79.8 cm³/mol. The number of hydrogen-bond acceptors (Lipinski definition) is 4. The van der Waals surface area contributed by atoms with Crippen molar-refractivity contribution in [1.82, 2.24) is 10.2 Å². The van der Waals surface area contributed by atoms with Crippen molar-refractivity contribution in [3.63, 3.8) is 0 Å². The zero-order chi connectivity index (χ0) is 14.5. The number of ether oxygens (including phenoxy) is 2. The molecule has 2 rings (SSSR count). The minimum absolute atomic E-state index is 0.00252. The molecule has 1 fully saturated rings. The van der Waals surface area contributed by atoms with Crippen LogP contribution in [0.25, 0.3) is 0 Å². The number of hydrogen-bond donors (Lipinski definition) is 1. The zero-order valence-electron chi connectivity index (χ0n) is 11.7. The zero-order valence-corrected chi connectivity index (χ0v) is 13.3. The summed E-state index contributed by atoms with van der Waals surface area (Å²) in [6.45, 7) is 2.56. The second-order valence-electron chi connectivity index (χ2n) is 4.64. The summed E-state index contributed by atoms with van der Waals surface area (Å²) >= 11 is 3.48. The van der Waals surface area contributed by atoms with Gasteiger partial charge in [0.25, 0.3) is 0 Å². The van der Waals surface area contributed by atoms with Crippen LogP contribution in [0.2, 0.25) is 0 Å². The SMILES string of the molecule is CNC(=O)C1COCCN1Cc1ccc(OC)c(Br)c1. The van der Waals surface area contributed by atoms with E-state index < -0.39 is 0 Å². The van der Waals surface area contributed by atoms with E-state index >= 15 is 0 Å². The van der Waals surface area contributed by atoms with Gasteiger partial charge in [-0.2, -0.15) is 0 Å². The lowest BCUT2D eigenvalue weighted by molar-refractivity contribution is -0.132. The smallest absolute Gasteiger partial charge is 0.239 e. The molecule has 1 aliphatic rings. The van der Waals surface area contributed by atoms with Gasteiger partial charge in [-0.05, 0) is 33.6 Å². The number of benzene rings is 1. The van der Waals surface area contributed by atoms with Crippen LogP contribution < -0.4 is 10.1 Å². The van der Waals surface area contributed by atoms with Gasteiger partial charge in [-0.15, -0.1) is 0 Å². The lowest BCUT2D eigenvalue weighted by Gasteiger charge is -2.34. The summed E-state index contributed by atoms with van der Waals surface area (Å²) in [5.74, 6) is 0.802. The molecule has 1 amide bonds. The molecule has 5 nitrogen and oxygen atoms in total. The number of nitrogens with zero attached hydrogens (tertiary/aromatic N) is 1. The van der Waals surface area contributed by atoms with Gasteiger partial charge in [0, 0.05) is 20.1 Å². The molecule has 1 heterocycles. The minimum atomic E-state index is -0.227. The topological polar surface area (TPSA) is 50.8 Å². The van der Waals surface area contributed by atoms with Crippen LogP contribution in [0.3, 0.4) is 0 Å². The highest BCUT2D eigenvalue weighted by Gasteiger charge is 2.28. The monoisotopic (exact) mass is 342 g/mol. The van der Waals surface area contributed by atoms with Crippen LogP contribution in [0.15, 0.2) is 22.7 Å². The maximum atomic E-state index is 11.9. The maximum Gasteiger partial charge on any atom is 0.239 e. The van der Waals surface area contributed by atoms with Gasteiger partial charge in [0.1, 0.15) is 11.8 Å². The largest absolute Gasteiger partial charge is 0.496 e. The summed E-state index contributed by atoms with van der Waals surface area (Å²) in [4.78, 5) is 14.0. The molecule has 0 aliphatic carbocycles. The molecule has 0 saturated carbocycles. The highest BCUT2D eigenvalue weighted by molar-refractivity contribution is 9.10. The van der Waals surface area contributed by atoms with Gasteiger partial charge in [-0.25, -0.2) is 0 Å². The summed E-state index contributed by atoms with van der Waals surface area (Å²) < 4.78 is 11.5. The van der Waals surface area contributed by atoms with Crippen molar-refractivity contribution in [2.24, 2.45) is 0 Å². The van der Waals surface area contributed by atoms with Crippen LogP contribution in [0, 0.1) is 0 Å². The fraction of sp³-hybridized carbons (Fsp3) is 0.500. The van der Waals surface area contributed by atoms with Crippen molar-refractivity contribution in [2.45, 2.75) is 12.6 Å². The van der Waals surface area contributed by atoms with E-state index in [0.717, 1.165) is 22.3 Å². The van der Waals surface area contributed by atoms with E-state index in [-0.39, 0.29) is 11.9 Å². The summed E-state index contributed by atoms with van der Waals surface area (Å²) in [5, 5.41) is 2.69. The van der Waals surface area contributed by atoms with Crippen LogP contribution in [0.1, 0.15) is 5.56 Å². The molecular formula is C14H19BrN2O3. The Kier molecular flexibility index (Phi) is 5.39. The van der Waals surface area contributed by atoms with E-state index in [4.69, 9.17) is 9.47 Å². The van der Waals surface area contributed by atoms with Gasteiger partial charge < -0.3 is 14.8 Å². The Morgan fingerprint density at radius 2 is 2.40 bits per heavy atom. The van der Waals surface area contributed by atoms with Crippen molar-refractivity contribution in [2.75, 3.05) is 33.9 Å². The number of methoxy groups -OCH3 is 1. The first-order valence-electron chi connectivity index (χ1n) is 6.51. The highest BCUT2D eigenvalue weighted by atomic mass is 79.9. The number of carbonyl (C=O) groups is 1. The Hall–Kier alpha value is -1.11. The summed E-state index contributed by atoms with van der Waals surface area (Å²) in [6.07, 6.45) is 0. The van der Waals surface area contributed by atoms with Gasteiger partial charge in [-0.3, -0.25) is 9.69 Å². The molecule has 1 aromatic rings. The van der Waals surface area contributed by atoms with Gasteiger partial charge in [0.2, 0.25) is 5.91 Å². The fourth-order valence-electron chi connectivity index (χ4n) is 2.28. The van der Waals surface area contributed by atoms with E-state index in [1.165, 1.54) is 0 Å². The normalized spacial score (nSPS) is 19.6. The number of morpholine rings is 1. The molecule has 1 atom stereocenters. The first-order valence-corrected chi connectivity index (χ1v) is 7.30. The first-order chi connectivity index (χ1) is 9.65. The van der Waals surface area contributed by atoms with E-state index in [2.05, 4.69) is 26.1 Å². The number of halogens is 1. The molecule has 6 heteroatoms. The Bertz CT molecular complexity index is 481. The average molecular weight is 343 g/mol. The number of nitrogens with one attached hydrogen (secondary N) is 1. The molecule has 1 N–H and O–H groups in total. The molecular weight excluding hydrogens is 324 g/mol. The molecule has 0 radical (unpaired) electrons. The lowest BCUT2D eigenvalue weighted by atomic mass is 10.1. The quantitative estimate of drug-likeness (QED) is 0.898. The second kappa shape index (κ2) is 7.06. The summed E-state index contributed by atoms with van der Waals surface area (Å²) in [6, 6.07) is 5.74. The Morgan fingerprint density at radius 3 is 3.05 bits per heavy atom. The van der Waals surface area contributed by atoms with Crippen LogP contribution in [-0.4, -0.2) is 50.8 Å². The van der Waals surface area contributed by atoms with Crippen molar-refractivity contribution in [1.29, 1.82) is 0 Å². The van der Waals surface area contributed by atoms with Crippen LogP contribution in [0.4, 0.5) is 0 Å². The van der Waals surface area contributed by atoms with E-state index in [1.54, 1.807) is 14.2 Å². The van der Waals surface area contributed by atoms with Gasteiger partial charge in [0.05, 0.1) is 24.8 Å². The molecule has 20 heavy (non-hydrogen) atoms. The number of amides is 1. The molecule has 1 aromatic carbocycles. The van der Waals surface area contributed by atoms with Crippen molar-refractivity contribution in [3.05, 3.63) is 28.2 Å². The maximum absolute atomic E-state index is 11.9. The standard InChI is InChI=1S/C14H19BrN2O3/c1-16-14(18)12-9-20-6-5-17(12)8-10-3-4-13(19-2)11(15)7-10/h3-4,7,12H,5-6,8-9H2,1-2H3,(H,16,18). The van der Waals surface area contributed by atoms with Crippen LogP contribution >= 0.6 is 15.9 Å². The molecule has 1 unspecified atom stereocenters. The fourth-order valence-corrected chi connectivity index (χ4v) is 2.87.